The second kappa shape index (κ2) is 6.48. The van der Waals surface area contributed by atoms with Crippen molar-refractivity contribution in [2.75, 3.05) is 5.01 Å². The average molecular weight is 356 g/mol. The van der Waals surface area contributed by atoms with Gasteiger partial charge in [0.15, 0.2) is 11.6 Å². The molecule has 0 aliphatic carbocycles. The zero-order valence-electron chi connectivity index (χ0n) is 15.0. The third kappa shape index (κ3) is 2.89. The second-order valence-electron chi connectivity index (χ2n) is 6.03. The number of hydrogen-bond donors (Lipinski definition) is 0. The summed E-state index contributed by atoms with van der Waals surface area (Å²) in [5.41, 5.74) is 3.69. The Bertz CT molecular complexity index is 914. The van der Waals surface area contributed by atoms with E-state index < -0.39 is 0 Å². The van der Waals surface area contributed by atoms with Gasteiger partial charge in [0.2, 0.25) is 11.1 Å². The number of hydrogen-bond acceptors (Lipinski definition) is 5. The molecule has 2 heterocycles. The number of allylic oxidation sites excluding steroid dienone is 1. The predicted molar refractivity (Wildman–Crippen MR) is 97.7 cm³/mol. The molecule has 2 aromatic rings. The first-order chi connectivity index (χ1) is 11.8. The number of fused-ring (bicyclic) bond motifs is 1. The number of amides is 1. The van der Waals surface area contributed by atoms with Crippen LogP contribution in [0.15, 0.2) is 28.3 Å². The molecule has 0 saturated heterocycles. The van der Waals surface area contributed by atoms with Crippen LogP contribution in [0.2, 0.25) is 0 Å². The van der Waals surface area contributed by atoms with Gasteiger partial charge in [-0.3, -0.25) is 9.59 Å². The molecule has 0 fully saturated rings. The summed E-state index contributed by atoms with van der Waals surface area (Å²) >= 11 is 1.26. The van der Waals surface area contributed by atoms with Crippen molar-refractivity contribution in [2.24, 2.45) is 0 Å². The van der Waals surface area contributed by atoms with Crippen LogP contribution in [0.4, 0.5) is 0 Å². The molecule has 0 radical (unpaired) electrons. The van der Waals surface area contributed by atoms with E-state index in [1.807, 2.05) is 39.0 Å². The maximum Gasteiger partial charge on any atom is 0.243 e. The van der Waals surface area contributed by atoms with Crippen LogP contribution in [-0.2, 0) is 16.0 Å². The molecular formula is C18H20N4O2S. The van der Waals surface area contributed by atoms with Crippen LogP contribution in [-0.4, -0.2) is 26.6 Å². The molecule has 0 saturated carbocycles. The van der Waals surface area contributed by atoms with Crippen molar-refractivity contribution >= 4 is 29.1 Å². The van der Waals surface area contributed by atoms with Crippen LogP contribution in [0.25, 0.3) is 5.70 Å². The van der Waals surface area contributed by atoms with E-state index in [-0.39, 0.29) is 11.7 Å². The standard InChI is InChI=1S/C18H20N4O2S/c1-6-15-19-20-18-22(15)21(13(5)24)16(17(25-18)12(4)23)14-8-7-10(2)11(3)9-14/h7-9H,6H2,1-5H3. The first-order valence-electron chi connectivity index (χ1n) is 8.11. The van der Waals surface area contributed by atoms with Crippen LogP contribution >= 0.6 is 11.8 Å². The Morgan fingerprint density at radius 1 is 1.12 bits per heavy atom. The van der Waals surface area contributed by atoms with Crippen molar-refractivity contribution in [3.8, 4) is 0 Å². The Morgan fingerprint density at radius 3 is 2.40 bits per heavy atom. The van der Waals surface area contributed by atoms with E-state index in [1.54, 1.807) is 4.68 Å². The van der Waals surface area contributed by atoms with Gasteiger partial charge < -0.3 is 0 Å². The van der Waals surface area contributed by atoms with Gasteiger partial charge in [-0.25, -0.2) is 9.69 Å². The number of carbonyl (C=O) groups is 2. The molecule has 7 heteroatoms. The summed E-state index contributed by atoms with van der Waals surface area (Å²) in [7, 11) is 0. The fourth-order valence-corrected chi connectivity index (χ4v) is 3.78. The zero-order valence-corrected chi connectivity index (χ0v) is 15.8. The van der Waals surface area contributed by atoms with Crippen molar-refractivity contribution in [2.45, 2.75) is 46.2 Å². The quantitative estimate of drug-likeness (QED) is 0.846. The molecule has 0 unspecified atom stereocenters. The molecule has 1 aromatic carbocycles. The Labute approximate surface area is 150 Å². The van der Waals surface area contributed by atoms with Gasteiger partial charge in [0.1, 0.15) is 0 Å². The number of carbonyl (C=O) groups excluding carboxylic acids is 2. The van der Waals surface area contributed by atoms with E-state index in [1.165, 1.54) is 30.6 Å². The Balaban J connectivity index is 2.30. The van der Waals surface area contributed by atoms with Gasteiger partial charge >= 0.3 is 0 Å². The lowest BCUT2D eigenvalue weighted by molar-refractivity contribution is -0.117. The molecule has 1 aliphatic rings. The molecule has 0 atom stereocenters. The van der Waals surface area contributed by atoms with E-state index in [2.05, 4.69) is 10.2 Å². The Hall–Kier alpha value is -2.41. The summed E-state index contributed by atoms with van der Waals surface area (Å²) in [6, 6.07) is 5.95. The second-order valence-corrected chi connectivity index (χ2v) is 7.01. The number of ketones is 1. The zero-order chi connectivity index (χ0) is 18.3. The molecule has 130 valence electrons. The lowest BCUT2D eigenvalue weighted by atomic mass is 10.0. The minimum atomic E-state index is -0.192. The van der Waals surface area contributed by atoms with E-state index in [4.69, 9.17) is 0 Å². The number of nitrogens with zero attached hydrogens (tertiary/aromatic N) is 4. The van der Waals surface area contributed by atoms with Gasteiger partial charge in [0, 0.05) is 18.9 Å². The number of aromatic nitrogens is 3. The highest BCUT2D eigenvalue weighted by molar-refractivity contribution is 8.04. The summed E-state index contributed by atoms with van der Waals surface area (Å²) in [6.45, 7) is 9.00. The van der Waals surface area contributed by atoms with Crippen LogP contribution in [0.3, 0.4) is 0 Å². The van der Waals surface area contributed by atoms with Gasteiger partial charge in [-0.2, -0.15) is 0 Å². The van der Waals surface area contributed by atoms with Crippen LogP contribution in [0.5, 0.6) is 0 Å². The third-order valence-corrected chi connectivity index (χ3v) is 5.33. The van der Waals surface area contributed by atoms with Crippen molar-refractivity contribution in [1.29, 1.82) is 0 Å². The molecule has 1 amide bonds. The van der Waals surface area contributed by atoms with Gasteiger partial charge in [-0.05, 0) is 49.7 Å². The molecule has 3 rings (SSSR count). The van der Waals surface area contributed by atoms with Crippen molar-refractivity contribution in [3.05, 3.63) is 45.6 Å². The number of benzene rings is 1. The first-order valence-corrected chi connectivity index (χ1v) is 8.92. The fourth-order valence-electron chi connectivity index (χ4n) is 2.80. The van der Waals surface area contributed by atoms with Crippen LogP contribution < -0.4 is 5.01 Å². The lowest BCUT2D eigenvalue weighted by Crippen LogP contribution is -2.41. The Morgan fingerprint density at radius 2 is 1.84 bits per heavy atom. The highest BCUT2D eigenvalue weighted by Crippen LogP contribution is 2.40. The van der Waals surface area contributed by atoms with Gasteiger partial charge in [-0.1, -0.05) is 19.1 Å². The van der Waals surface area contributed by atoms with Gasteiger partial charge in [0.05, 0.1) is 10.6 Å². The number of rotatable bonds is 3. The van der Waals surface area contributed by atoms with Crippen LogP contribution in [0, 0.1) is 13.8 Å². The summed E-state index contributed by atoms with van der Waals surface area (Å²) < 4.78 is 1.71. The topological polar surface area (TPSA) is 68.1 Å². The minimum absolute atomic E-state index is 0.100. The maximum absolute atomic E-state index is 12.5. The summed E-state index contributed by atoms with van der Waals surface area (Å²) in [5.74, 6) is 0.390. The molecule has 6 nitrogen and oxygen atoms in total. The minimum Gasteiger partial charge on any atom is -0.294 e. The third-order valence-electron chi connectivity index (χ3n) is 4.21. The summed E-state index contributed by atoms with van der Waals surface area (Å²) in [5, 5.41) is 10.4. The normalized spacial score (nSPS) is 13.9. The predicted octanol–water partition coefficient (Wildman–Crippen LogP) is 3.01. The number of thioether (sulfide) groups is 1. The highest BCUT2D eigenvalue weighted by Gasteiger charge is 2.34. The molecule has 1 aliphatic heterocycles. The summed E-state index contributed by atoms with van der Waals surface area (Å²) in [6.07, 6.45) is 0.632. The lowest BCUT2D eigenvalue weighted by Gasteiger charge is -2.32. The fraction of sp³-hybridized carbons (Fsp3) is 0.333. The first kappa shape index (κ1) is 17.4. The highest BCUT2D eigenvalue weighted by atomic mass is 32.2. The molecule has 25 heavy (non-hydrogen) atoms. The van der Waals surface area contributed by atoms with Crippen molar-refractivity contribution in [3.63, 3.8) is 0 Å². The van der Waals surface area contributed by atoms with E-state index in [9.17, 15) is 9.59 Å². The monoisotopic (exact) mass is 356 g/mol. The van der Waals surface area contributed by atoms with Gasteiger partial charge in [-0.15, -0.1) is 10.2 Å². The van der Waals surface area contributed by atoms with Crippen molar-refractivity contribution in [1.82, 2.24) is 14.9 Å². The molecular weight excluding hydrogens is 336 g/mol. The SMILES string of the molecule is CCc1nnc2n1N(C(C)=O)C(c1ccc(C)c(C)c1)=C(C(C)=O)S2. The average Bonchev–Trinajstić information content (AvgIpc) is 2.98. The molecule has 0 bridgehead atoms. The number of aryl methyl sites for hydroxylation is 3. The Kier molecular flexibility index (Phi) is 4.51. The smallest absolute Gasteiger partial charge is 0.243 e. The largest absolute Gasteiger partial charge is 0.294 e. The maximum atomic E-state index is 12.5. The summed E-state index contributed by atoms with van der Waals surface area (Å²) in [4.78, 5) is 25.3. The molecule has 0 N–H and O–H groups in total. The van der Waals surface area contributed by atoms with E-state index in [0.717, 1.165) is 16.7 Å². The number of Topliss-reactive ketones (excluding diaryl/α,β-unsaturated/α-hetero) is 1. The van der Waals surface area contributed by atoms with E-state index >= 15 is 0 Å². The molecule has 0 spiro atoms. The van der Waals surface area contributed by atoms with Crippen molar-refractivity contribution < 1.29 is 9.59 Å². The van der Waals surface area contributed by atoms with E-state index in [0.29, 0.717) is 28.0 Å². The van der Waals surface area contributed by atoms with Crippen LogP contribution in [0.1, 0.15) is 43.3 Å². The molecule has 1 aromatic heterocycles. The van der Waals surface area contributed by atoms with Gasteiger partial charge in [0.25, 0.3) is 0 Å².